The molecule has 0 saturated heterocycles. The SMILES string of the molecule is CCCCCCC(C)OC(=O)COCC(=O)OCCCC. The molecule has 0 aliphatic heterocycles. The third-order valence-electron chi connectivity index (χ3n) is 3.00. The highest BCUT2D eigenvalue weighted by Gasteiger charge is 2.11. The number of ether oxygens (including phenoxy) is 3. The lowest BCUT2D eigenvalue weighted by molar-refractivity contribution is -0.158. The van der Waals surface area contributed by atoms with Crippen LogP contribution in [-0.4, -0.2) is 37.9 Å². The predicted octanol–water partition coefficient (Wildman–Crippen LogP) is 3.25. The fraction of sp³-hybridized carbons (Fsp3) is 0.875. The van der Waals surface area contributed by atoms with Gasteiger partial charge in [0, 0.05) is 0 Å². The average molecular weight is 302 g/mol. The molecule has 0 aromatic rings. The van der Waals surface area contributed by atoms with E-state index < -0.39 is 11.9 Å². The summed E-state index contributed by atoms with van der Waals surface area (Å²) in [6.45, 7) is 6.05. The van der Waals surface area contributed by atoms with Crippen molar-refractivity contribution < 1.29 is 23.8 Å². The third kappa shape index (κ3) is 13.6. The van der Waals surface area contributed by atoms with E-state index in [2.05, 4.69) is 6.92 Å². The first-order chi connectivity index (χ1) is 10.1. The van der Waals surface area contributed by atoms with Gasteiger partial charge >= 0.3 is 11.9 Å². The van der Waals surface area contributed by atoms with E-state index in [0.717, 1.165) is 25.7 Å². The second-order valence-corrected chi connectivity index (χ2v) is 5.22. The molecule has 0 amide bonds. The van der Waals surface area contributed by atoms with Crippen molar-refractivity contribution in [3.63, 3.8) is 0 Å². The lowest BCUT2D eigenvalue weighted by Crippen LogP contribution is -2.22. The lowest BCUT2D eigenvalue weighted by Gasteiger charge is -2.13. The van der Waals surface area contributed by atoms with E-state index in [1.54, 1.807) is 0 Å². The van der Waals surface area contributed by atoms with Gasteiger partial charge in [0.2, 0.25) is 0 Å². The van der Waals surface area contributed by atoms with E-state index in [1.807, 2.05) is 13.8 Å². The number of unbranched alkanes of at least 4 members (excludes halogenated alkanes) is 4. The first kappa shape index (κ1) is 19.9. The Kier molecular flexibility index (Phi) is 13.1. The minimum atomic E-state index is -0.441. The summed E-state index contributed by atoms with van der Waals surface area (Å²) in [5, 5.41) is 0. The van der Waals surface area contributed by atoms with Crippen LogP contribution < -0.4 is 0 Å². The average Bonchev–Trinajstić information content (AvgIpc) is 2.44. The molecule has 0 aliphatic carbocycles. The molecular formula is C16H30O5. The van der Waals surface area contributed by atoms with Crippen molar-refractivity contribution in [3.8, 4) is 0 Å². The fourth-order valence-electron chi connectivity index (χ4n) is 1.77. The van der Waals surface area contributed by atoms with Crippen molar-refractivity contribution in [2.75, 3.05) is 19.8 Å². The van der Waals surface area contributed by atoms with Crippen LogP contribution in [0, 0.1) is 0 Å². The number of hydrogen-bond acceptors (Lipinski definition) is 5. The Balaban J connectivity index is 3.54. The standard InChI is InChI=1S/C16H30O5/c1-4-6-8-9-10-14(3)21-16(18)13-19-12-15(17)20-11-7-5-2/h14H,4-13H2,1-3H3. The summed E-state index contributed by atoms with van der Waals surface area (Å²) in [5.74, 6) is -0.872. The lowest BCUT2D eigenvalue weighted by atomic mass is 10.1. The summed E-state index contributed by atoms with van der Waals surface area (Å²) >= 11 is 0. The van der Waals surface area contributed by atoms with Crippen molar-refractivity contribution in [1.82, 2.24) is 0 Å². The molecule has 0 bridgehead atoms. The smallest absolute Gasteiger partial charge is 0.332 e. The van der Waals surface area contributed by atoms with Crippen LogP contribution in [0.3, 0.4) is 0 Å². The molecule has 1 atom stereocenters. The van der Waals surface area contributed by atoms with Crippen LogP contribution in [-0.2, 0) is 23.8 Å². The molecule has 5 heteroatoms. The predicted molar refractivity (Wildman–Crippen MR) is 81.0 cm³/mol. The largest absolute Gasteiger partial charge is 0.464 e. The van der Waals surface area contributed by atoms with Crippen molar-refractivity contribution in [2.24, 2.45) is 0 Å². The quantitative estimate of drug-likeness (QED) is 0.386. The molecule has 0 aromatic heterocycles. The van der Waals surface area contributed by atoms with E-state index in [1.165, 1.54) is 19.3 Å². The molecule has 0 aromatic carbocycles. The van der Waals surface area contributed by atoms with E-state index in [9.17, 15) is 9.59 Å². The molecule has 0 aliphatic rings. The summed E-state index contributed by atoms with van der Waals surface area (Å²) in [6, 6.07) is 0. The van der Waals surface area contributed by atoms with Gasteiger partial charge in [-0.2, -0.15) is 0 Å². The topological polar surface area (TPSA) is 61.8 Å². The van der Waals surface area contributed by atoms with Crippen LogP contribution in [0.5, 0.6) is 0 Å². The molecule has 0 N–H and O–H groups in total. The Labute approximate surface area is 128 Å². The summed E-state index contributed by atoms with van der Waals surface area (Å²) in [5.41, 5.74) is 0. The van der Waals surface area contributed by atoms with E-state index in [4.69, 9.17) is 14.2 Å². The van der Waals surface area contributed by atoms with Gasteiger partial charge in [-0.25, -0.2) is 9.59 Å². The summed E-state index contributed by atoms with van der Waals surface area (Å²) in [4.78, 5) is 22.7. The third-order valence-corrected chi connectivity index (χ3v) is 3.00. The van der Waals surface area contributed by atoms with Crippen molar-refractivity contribution in [3.05, 3.63) is 0 Å². The highest BCUT2D eigenvalue weighted by Crippen LogP contribution is 2.08. The van der Waals surface area contributed by atoms with Gasteiger partial charge in [0.25, 0.3) is 0 Å². The maximum atomic E-state index is 11.5. The van der Waals surface area contributed by atoms with Crippen molar-refractivity contribution in [2.45, 2.75) is 71.8 Å². The van der Waals surface area contributed by atoms with E-state index in [-0.39, 0.29) is 19.3 Å². The molecule has 0 heterocycles. The number of esters is 2. The van der Waals surface area contributed by atoms with Crippen molar-refractivity contribution in [1.29, 1.82) is 0 Å². The van der Waals surface area contributed by atoms with Crippen LogP contribution in [0.1, 0.15) is 65.7 Å². The second kappa shape index (κ2) is 13.9. The normalized spacial score (nSPS) is 12.0. The van der Waals surface area contributed by atoms with Gasteiger partial charge in [0.05, 0.1) is 12.7 Å². The monoisotopic (exact) mass is 302 g/mol. The Hall–Kier alpha value is -1.10. The van der Waals surface area contributed by atoms with Crippen LogP contribution >= 0.6 is 0 Å². The molecule has 0 fully saturated rings. The van der Waals surface area contributed by atoms with Gasteiger partial charge in [-0.05, 0) is 26.2 Å². The Morgan fingerprint density at radius 2 is 1.57 bits per heavy atom. The van der Waals surface area contributed by atoms with Crippen LogP contribution in [0.15, 0.2) is 0 Å². The fourth-order valence-corrected chi connectivity index (χ4v) is 1.77. The summed E-state index contributed by atoms with van der Waals surface area (Å²) in [6.07, 6.45) is 7.20. The van der Waals surface area contributed by atoms with Crippen LogP contribution in [0.2, 0.25) is 0 Å². The van der Waals surface area contributed by atoms with Crippen molar-refractivity contribution >= 4 is 11.9 Å². The first-order valence-electron chi connectivity index (χ1n) is 8.03. The molecule has 21 heavy (non-hydrogen) atoms. The van der Waals surface area contributed by atoms with E-state index in [0.29, 0.717) is 6.61 Å². The molecule has 0 radical (unpaired) electrons. The van der Waals surface area contributed by atoms with Gasteiger partial charge in [-0.1, -0.05) is 39.5 Å². The summed E-state index contributed by atoms with van der Waals surface area (Å²) in [7, 11) is 0. The minimum Gasteiger partial charge on any atom is -0.464 e. The zero-order chi connectivity index (χ0) is 15.9. The van der Waals surface area contributed by atoms with Gasteiger partial charge in [0.15, 0.2) is 0 Å². The zero-order valence-electron chi connectivity index (χ0n) is 13.7. The Morgan fingerprint density at radius 1 is 0.905 bits per heavy atom. The number of rotatable bonds is 13. The Bertz CT molecular complexity index is 278. The molecule has 1 unspecified atom stereocenters. The van der Waals surface area contributed by atoms with E-state index >= 15 is 0 Å². The minimum absolute atomic E-state index is 0.102. The zero-order valence-corrected chi connectivity index (χ0v) is 13.7. The second-order valence-electron chi connectivity index (χ2n) is 5.22. The maximum Gasteiger partial charge on any atom is 0.332 e. The number of hydrogen-bond donors (Lipinski definition) is 0. The maximum absolute atomic E-state index is 11.5. The van der Waals surface area contributed by atoms with Gasteiger partial charge in [-0.15, -0.1) is 0 Å². The molecule has 0 spiro atoms. The highest BCUT2D eigenvalue weighted by molar-refractivity contribution is 5.73. The molecule has 124 valence electrons. The summed E-state index contributed by atoms with van der Waals surface area (Å²) < 4.78 is 15.1. The number of carbonyl (C=O) groups is 2. The molecule has 5 nitrogen and oxygen atoms in total. The first-order valence-corrected chi connectivity index (χ1v) is 8.03. The Morgan fingerprint density at radius 3 is 2.24 bits per heavy atom. The highest BCUT2D eigenvalue weighted by atomic mass is 16.6. The van der Waals surface area contributed by atoms with Gasteiger partial charge < -0.3 is 14.2 Å². The molecular weight excluding hydrogens is 272 g/mol. The van der Waals surface area contributed by atoms with Crippen LogP contribution in [0.4, 0.5) is 0 Å². The van der Waals surface area contributed by atoms with Gasteiger partial charge in [-0.3, -0.25) is 0 Å². The number of carbonyl (C=O) groups excluding carboxylic acids is 2. The molecule has 0 rings (SSSR count). The molecule has 0 saturated carbocycles. The van der Waals surface area contributed by atoms with Gasteiger partial charge in [0.1, 0.15) is 13.2 Å². The van der Waals surface area contributed by atoms with Crippen LogP contribution in [0.25, 0.3) is 0 Å².